The topological polar surface area (TPSA) is 67.4 Å². The molecule has 5 heteroatoms. The van der Waals surface area contributed by atoms with Gasteiger partial charge in [0.25, 0.3) is 0 Å². The first kappa shape index (κ1) is 16.0. The van der Waals surface area contributed by atoms with Crippen LogP contribution in [0, 0.1) is 0 Å². The second-order valence-electron chi connectivity index (χ2n) is 5.03. The van der Waals surface area contributed by atoms with E-state index in [0.717, 1.165) is 51.6 Å². The molecule has 0 aliphatic carbocycles. The summed E-state index contributed by atoms with van der Waals surface area (Å²) >= 11 is 0. The standard InChI is InChI=1S/C14H26N2O3/c1-19-13(17)9-4-2-3-6-11-16-14(18)12-8-5-7-10-15-12/h12,15H,2-11H2,1H3,(H,16,18). The number of piperidine rings is 1. The average molecular weight is 270 g/mol. The summed E-state index contributed by atoms with van der Waals surface area (Å²) in [5.74, 6) is -0.00839. The zero-order valence-electron chi connectivity index (χ0n) is 11.9. The fraction of sp³-hybridized carbons (Fsp3) is 0.857. The molecule has 1 heterocycles. The highest BCUT2D eigenvalue weighted by molar-refractivity contribution is 5.81. The largest absolute Gasteiger partial charge is 0.469 e. The van der Waals surface area contributed by atoms with E-state index in [2.05, 4.69) is 15.4 Å². The molecule has 0 spiro atoms. The molecule has 2 N–H and O–H groups in total. The second kappa shape index (κ2) is 9.78. The van der Waals surface area contributed by atoms with E-state index in [1.54, 1.807) is 0 Å². The molecule has 0 saturated carbocycles. The summed E-state index contributed by atoms with van der Waals surface area (Å²) in [5.41, 5.74) is 0. The molecule has 1 fully saturated rings. The van der Waals surface area contributed by atoms with E-state index >= 15 is 0 Å². The third-order valence-corrected chi connectivity index (χ3v) is 3.46. The van der Waals surface area contributed by atoms with Crippen LogP contribution in [-0.2, 0) is 14.3 Å². The third-order valence-electron chi connectivity index (χ3n) is 3.46. The van der Waals surface area contributed by atoms with Crippen LogP contribution < -0.4 is 10.6 Å². The Labute approximate surface area is 115 Å². The van der Waals surface area contributed by atoms with Gasteiger partial charge in [0.2, 0.25) is 5.91 Å². The summed E-state index contributed by atoms with van der Waals surface area (Å²) in [6.45, 7) is 1.68. The predicted molar refractivity (Wildman–Crippen MR) is 73.8 cm³/mol. The van der Waals surface area contributed by atoms with Crippen LogP contribution >= 0.6 is 0 Å². The summed E-state index contributed by atoms with van der Waals surface area (Å²) in [6, 6.07) is 0.00748. The minimum absolute atomic E-state index is 0.00748. The smallest absolute Gasteiger partial charge is 0.305 e. The Hall–Kier alpha value is -1.10. The van der Waals surface area contributed by atoms with E-state index in [1.165, 1.54) is 13.5 Å². The van der Waals surface area contributed by atoms with Gasteiger partial charge in [-0.3, -0.25) is 9.59 Å². The van der Waals surface area contributed by atoms with Crippen molar-refractivity contribution in [2.45, 2.75) is 57.4 Å². The number of hydrogen-bond donors (Lipinski definition) is 2. The summed E-state index contributed by atoms with van der Waals surface area (Å²) < 4.78 is 4.57. The van der Waals surface area contributed by atoms with Gasteiger partial charge in [-0.05, 0) is 32.2 Å². The van der Waals surface area contributed by atoms with Crippen molar-refractivity contribution in [3.8, 4) is 0 Å². The van der Waals surface area contributed by atoms with Crippen LogP contribution in [0.4, 0.5) is 0 Å². The second-order valence-corrected chi connectivity index (χ2v) is 5.03. The van der Waals surface area contributed by atoms with Gasteiger partial charge in [-0.1, -0.05) is 19.3 Å². The van der Waals surface area contributed by atoms with E-state index in [-0.39, 0.29) is 17.9 Å². The molecule has 1 amide bonds. The summed E-state index contributed by atoms with van der Waals surface area (Å²) in [5, 5.41) is 6.21. The van der Waals surface area contributed by atoms with Crippen LogP contribution in [0.2, 0.25) is 0 Å². The van der Waals surface area contributed by atoms with Crippen LogP contribution in [0.1, 0.15) is 51.4 Å². The first-order valence-electron chi connectivity index (χ1n) is 7.32. The maximum Gasteiger partial charge on any atom is 0.305 e. The van der Waals surface area contributed by atoms with Crippen molar-refractivity contribution < 1.29 is 14.3 Å². The van der Waals surface area contributed by atoms with Gasteiger partial charge in [0.05, 0.1) is 13.2 Å². The zero-order valence-corrected chi connectivity index (χ0v) is 11.9. The normalized spacial score (nSPS) is 18.9. The number of nitrogens with one attached hydrogen (secondary N) is 2. The monoisotopic (exact) mass is 270 g/mol. The minimum Gasteiger partial charge on any atom is -0.469 e. The Kier molecular flexibility index (Phi) is 8.21. The van der Waals surface area contributed by atoms with Crippen LogP contribution in [0.25, 0.3) is 0 Å². The van der Waals surface area contributed by atoms with Gasteiger partial charge in [0.1, 0.15) is 0 Å². The van der Waals surface area contributed by atoms with E-state index in [9.17, 15) is 9.59 Å². The van der Waals surface area contributed by atoms with Gasteiger partial charge >= 0.3 is 5.97 Å². The molecule has 1 atom stereocenters. The fourth-order valence-electron chi connectivity index (χ4n) is 2.26. The lowest BCUT2D eigenvalue weighted by atomic mass is 10.0. The van der Waals surface area contributed by atoms with Crippen molar-refractivity contribution in [1.82, 2.24) is 10.6 Å². The number of carbonyl (C=O) groups excluding carboxylic acids is 2. The SMILES string of the molecule is COC(=O)CCCCCCNC(=O)C1CCCCN1. The summed E-state index contributed by atoms with van der Waals surface area (Å²) in [4.78, 5) is 22.7. The number of carbonyl (C=O) groups is 2. The number of amides is 1. The van der Waals surface area contributed by atoms with Crippen LogP contribution in [0.15, 0.2) is 0 Å². The highest BCUT2D eigenvalue weighted by Crippen LogP contribution is 2.07. The van der Waals surface area contributed by atoms with Crippen LogP contribution in [-0.4, -0.2) is 38.1 Å². The molecule has 1 aliphatic rings. The molecular formula is C14H26N2O3. The van der Waals surface area contributed by atoms with Gasteiger partial charge in [-0.15, -0.1) is 0 Å². The van der Waals surface area contributed by atoms with E-state index < -0.39 is 0 Å². The molecule has 110 valence electrons. The molecule has 0 aromatic rings. The molecule has 0 aromatic carbocycles. The van der Waals surface area contributed by atoms with E-state index in [4.69, 9.17) is 0 Å². The molecule has 5 nitrogen and oxygen atoms in total. The molecule has 1 unspecified atom stereocenters. The molecule has 0 aromatic heterocycles. The number of esters is 1. The molecule has 0 bridgehead atoms. The number of methoxy groups -OCH3 is 1. The Morgan fingerprint density at radius 3 is 2.68 bits per heavy atom. The first-order valence-corrected chi connectivity index (χ1v) is 7.32. The van der Waals surface area contributed by atoms with Gasteiger partial charge in [-0.2, -0.15) is 0 Å². The number of ether oxygens (including phenoxy) is 1. The van der Waals surface area contributed by atoms with Gasteiger partial charge in [-0.25, -0.2) is 0 Å². The van der Waals surface area contributed by atoms with Crippen molar-refractivity contribution >= 4 is 11.9 Å². The Bertz CT molecular complexity index is 276. The van der Waals surface area contributed by atoms with E-state index in [0.29, 0.717) is 6.42 Å². The van der Waals surface area contributed by atoms with E-state index in [1.807, 2.05) is 0 Å². The fourth-order valence-corrected chi connectivity index (χ4v) is 2.26. The molecule has 1 saturated heterocycles. The van der Waals surface area contributed by atoms with Gasteiger partial charge in [0, 0.05) is 13.0 Å². The number of rotatable bonds is 8. The van der Waals surface area contributed by atoms with Gasteiger partial charge in [0.15, 0.2) is 0 Å². The average Bonchev–Trinajstić information content (AvgIpc) is 2.46. The van der Waals surface area contributed by atoms with Gasteiger partial charge < -0.3 is 15.4 Å². The lowest BCUT2D eigenvalue weighted by Crippen LogP contribution is -2.46. The quantitative estimate of drug-likeness (QED) is 0.516. The van der Waals surface area contributed by atoms with Crippen molar-refractivity contribution in [3.63, 3.8) is 0 Å². The lowest BCUT2D eigenvalue weighted by molar-refractivity contribution is -0.140. The molecule has 19 heavy (non-hydrogen) atoms. The first-order chi connectivity index (χ1) is 9.24. The highest BCUT2D eigenvalue weighted by atomic mass is 16.5. The van der Waals surface area contributed by atoms with Crippen LogP contribution in [0.5, 0.6) is 0 Å². The minimum atomic E-state index is -0.142. The van der Waals surface area contributed by atoms with Crippen molar-refractivity contribution in [2.24, 2.45) is 0 Å². The van der Waals surface area contributed by atoms with Crippen LogP contribution in [0.3, 0.4) is 0 Å². The third kappa shape index (κ3) is 7.15. The Morgan fingerprint density at radius 1 is 1.21 bits per heavy atom. The summed E-state index contributed by atoms with van der Waals surface area (Å²) in [6.07, 6.45) is 7.63. The maximum absolute atomic E-state index is 11.8. The molecule has 1 aliphatic heterocycles. The maximum atomic E-state index is 11.8. The lowest BCUT2D eigenvalue weighted by Gasteiger charge is -2.22. The van der Waals surface area contributed by atoms with Crippen molar-refractivity contribution in [1.29, 1.82) is 0 Å². The molecular weight excluding hydrogens is 244 g/mol. The Balaban J connectivity index is 1.92. The molecule has 0 radical (unpaired) electrons. The number of hydrogen-bond acceptors (Lipinski definition) is 4. The highest BCUT2D eigenvalue weighted by Gasteiger charge is 2.19. The van der Waals surface area contributed by atoms with Crippen molar-refractivity contribution in [3.05, 3.63) is 0 Å². The molecule has 1 rings (SSSR count). The Morgan fingerprint density at radius 2 is 2.00 bits per heavy atom. The summed E-state index contributed by atoms with van der Waals surface area (Å²) in [7, 11) is 1.41. The zero-order chi connectivity index (χ0) is 13.9. The van der Waals surface area contributed by atoms with Crippen molar-refractivity contribution in [2.75, 3.05) is 20.2 Å². The number of unbranched alkanes of at least 4 members (excludes halogenated alkanes) is 3. The predicted octanol–water partition coefficient (Wildman–Crippen LogP) is 1.37.